The summed E-state index contributed by atoms with van der Waals surface area (Å²) in [5, 5.41) is 0.836. The van der Waals surface area contributed by atoms with Crippen molar-refractivity contribution in [1.82, 2.24) is 4.23 Å². The first kappa shape index (κ1) is 19.4. The van der Waals surface area contributed by atoms with Crippen molar-refractivity contribution in [1.29, 1.82) is 0 Å². The van der Waals surface area contributed by atoms with Crippen molar-refractivity contribution < 1.29 is 0 Å². The quantitative estimate of drug-likeness (QED) is 0.704. The molecule has 0 atom stereocenters. The van der Waals surface area contributed by atoms with Gasteiger partial charge < -0.3 is 4.23 Å². The standard InChI is InChI=1S/C15H37NSi3/c1-14(2,3)18(7,8)16(12-11-13-17)19(9,10)15(4,5)6/h11,13H,12H2,1-10,17H3. The van der Waals surface area contributed by atoms with E-state index in [9.17, 15) is 0 Å². The minimum absolute atomic E-state index is 0.418. The summed E-state index contributed by atoms with van der Waals surface area (Å²) >= 11 is 0. The van der Waals surface area contributed by atoms with Crippen molar-refractivity contribution in [3.05, 3.63) is 11.8 Å². The molecule has 0 aliphatic carbocycles. The van der Waals surface area contributed by atoms with Crippen molar-refractivity contribution in [2.45, 2.75) is 77.8 Å². The molecule has 0 fully saturated rings. The average Bonchev–Trinajstić information content (AvgIpc) is 2.13. The summed E-state index contributed by atoms with van der Waals surface area (Å²) in [6, 6.07) is 0. The first-order valence-electron chi connectivity index (χ1n) is 7.58. The Labute approximate surface area is 127 Å². The molecule has 0 amide bonds. The van der Waals surface area contributed by atoms with Crippen LogP contribution >= 0.6 is 0 Å². The molecule has 1 nitrogen and oxygen atoms in total. The molecule has 0 unspecified atom stereocenters. The lowest BCUT2D eigenvalue weighted by Gasteiger charge is -2.56. The van der Waals surface area contributed by atoms with Crippen LogP contribution in [0.1, 0.15) is 41.5 Å². The molecule has 0 rings (SSSR count). The molecule has 0 aliphatic heterocycles. The van der Waals surface area contributed by atoms with Crippen LogP contribution in [0.3, 0.4) is 0 Å². The summed E-state index contributed by atoms with van der Waals surface area (Å²) in [6.07, 6.45) is 2.41. The van der Waals surface area contributed by atoms with Gasteiger partial charge in [0.2, 0.25) is 0 Å². The molecule has 0 bridgehead atoms. The van der Waals surface area contributed by atoms with E-state index in [0.29, 0.717) is 10.1 Å². The molecule has 4 heteroatoms. The maximum absolute atomic E-state index is 2.97. The Kier molecular flexibility index (Phi) is 6.11. The monoisotopic (exact) mass is 315 g/mol. The van der Waals surface area contributed by atoms with E-state index >= 15 is 0 Å². The number of rotatable bonds is 4. The van der Waals surface area contributed by atoms with Crippen molar-refractivity contribution in [2.75, 3.05) is 6.54 Å². The molecule has 0 radical (unpaired) electrons. The van der Waals surface area contributed by atoms with Crippen LogP contribution in [0.2, 0.25) is 36.3 Å². The Balaban J connectivity index is 5.72. The summed E-state index contributed by atoms with van der Waals surface area (Å²) < 4.78 is 2.97. The van der Waals surface area contributed by atoms with Gasteiger partial charge in [-0.25, -0.2) is 0 Å². The van der Waals surface area contributed by atoms with Crippen LogP contribution in [0, 0.1) is 0 Å². The molecule has 0 N–H and O–H groups in total. The van der Waals surface area contributed by atoms with Crippen LogP contribution in [-0.4, -0.2) is 37.5 Å². The largest absolute Gasteiger partial charge is 0.342 e. The van der Waals surface area contributed by atoms with E-state index in [1.165, 1.54) is 10.2 Å². The maximum atomic E-state index is 2.97. The molecule has 0 heterocycles. The molecule has 0 saturated carbocycles. The molecule has 0 aromatic heterocycles. The van der Waals surface area contributed by atoms with Crippen LogP contribution in [0.4, 0.5) is 0 Å². The Morgan fingerprint density at radius 3 is 1.37 bits per heavy atom. The third-order valence-corrected chi connectivity index (χ3v) is 19.8. The summed E-state index contributed by atoms with van der Waals surface area (Å²) in [4.78, 5) is 0. The normalized spacial score (nSPS) is 15.7. The molecule has 19 heavy (non-hydrogen) atoms. The zero-order valence-corrected chi connectivity index (χ0v) is 19.3. The van der Waals surface area contributed by atoms with E-state index < -0.39 is 16.5 Å². The van der Waals surface area contributed by atoms with Crippen molar-refractivity contribution in [2.24, 2.45) is 0 Å². The molecule has 0 aromatic carbocycles. The van der Waals surface area contributed by atoms with Gasteiger partial charge in [-0.1, -0.05) is 73.8 Å². The zero-order valence-electron chi connectivity index (χ0n) is 15.3. The molecule has 0 aromatic rings. The second-order valence-corrected chi connectivity index (χ2v) is 20.2. The highest BCUT2D eigenvalue weighted by Gasteiger charge is 2.50. The van der Waals surface area contributed by atoms with Gasteiger partial charge in [-0.15, -0.1) is 5.70 Å². The summed E-state index contributed by atoms with van der Waals surface area (Å²) in [6.45, 7) is 26.0. The molecule has 0 aliphatic rings. The van der Waals surface area contributed by atoms with Gasteiger partial charge in [0.1, 0.15) is 16.5 Å². The summed E-state index contributed by atoms with van der Waals surface area (Å²) in [5.74, 6) is 0. The second-order valence-electron chi connectivity index (χ2n) is 8.80. The molecular formula is C15H37NSi3. The zero-order chi connectivity index (χ0) is 15.7. The lowest BCUT2D eigenvalue weighted by molar-refractivity contribution is 0.546. The Hall–Kier alpha value is 0.351. The van der Waals surface area contributed by atoms with E-state index in [0.717, 1.165) is 6.54 Å². The molecule has 114 valence electrons. The van der Waals surface area contributed by atoms with Gasteiger partial charge in [0.05, 0.1) is 0 Å². The van der Waals surface area contributed by atoms with Gasteiger partial charge >= 0.3 is 0 Å². The lowest BCUT2D eigenvalue weighted by Crippen LogP contribution is -2.68. The van der Waals surface area contributed by atoms with Gasteiger partial charge in [-0.2, -0.15) is 0 Å². The highest BCUT2D eigenvalue weighted by Crippen LogP contribution is 2.46. The maximum Gasteiger partial charge on any atom is 0.121 e. The lowest BCUT2D eigenvalue weighted by atomic mass is 10.2. The van der Waals surface area contributed by atoms with Crippen LogP contribution in [0.15, 0.2) is 11.8 Å². The van der Waals surface area contributed by atoms with Gasteiger partial charge in [0, 0.05) is 16.8 Å². The highest BCUT2D eigenvalue weighted by molar-refractivity contribution is 6.93. The first-order chi connectivity index (χ1) is 8.19. The Bertz CT molecular complexity index is 293. The van der Waals surface area contributed by atoms with Gasteiger partial charge in [-0.05, 0) is 10.1 Å². The minimum atomic E-state index is -1.46. The van der Waals surface area contributed by atoms with Gasteiger partial charge in [0.25, 0.3) is 0 Å². The van der Waals surface area contributed by atoms with E-state index in [-0.39, 0.29) is 0 Å². The van der Waals surface area contributed by atoms with Gasteiger partial charge in [-0.3, -0.25) is 0 Å². The van der Waals surface area contributed by atoms with E-state index in [1.54, 1.807) is 0 Å². The van der Waals surface area contributed by atoms with Crippen molar-refractivity contribution in [3.63, 3.8) is 0 Å². The summed E-state index contributed by atoms with van der Waals surface area (Å²) in [5.41, 5.74) is 2.34. The highest BCUT2D eigenvalue weighted by atomic mass is 28.4. The Morgan fingerprint density at radius 2 is 1.16 bits per heavy atom. The van der Waals surface area contributed by atoms with E-state index in [4.69, 9.17) is 0 Å². The predicted molar refractivity (Wildman–Crippen MR) is 100 cm³/mol. The van der Waals surface area contributed by atoms with Crippen LogP contribution < -0.4 is 0 Å². The van der Waals surface area contributed by atoms with Crippen LogP contribution in [0.25, 0.3) is 0 Å². The van der Waals surface area contributed by atoms with Crippen molar-refractivity contribution >= 4 is 26.7 Å². The third kappa shape index (κ3) is 4.16. The predicted octanol–water partition coefficient (Wildman–Crippen LogP) is 4.18. The first-order valence-corrected chi connectivity index (χ1v) is 14.6. The molecule has 0 saturated heterocycles. The van der Waals surface area contributed by atoms with Crippen molar-refractivity contribution in [3.8, 4) is 0 Å². The van der Waals surface area contributed by atoms with Crippen LogP contribution in [0.5, 0.6) is 0 Å². The second kappa shape index (κ2) is 6.00. The van der Waals surface area contributed by atoms with Crippen LogP contribution in [-0.2, 0) is 0 Å². The molecular weight excluding hydrogens is 278 g/mol. The minimum Gasteiger partial charge on any atom is -0.342 e. The fraction of sp³-hybridized carbons (Fsp3) is 0.867. The average molecular weight is 316 g/mol. The topological polar surface area (TPSA) is 3.24 Å². The van der Waals surface area contributed by atoms with Gasteiger partial charge in [0.15, 0.2) is 0 Å². The number of nitrogens with zero attached hydrogens (tertiary/aromatic N) is 1. The number of hydrogen-bond donors (Lipinski definition) is 0. The number of hydrogen-bond acceptors (Lipinski definition) is 1. The smallest absolute Gasteiger partial charge is 0.121 e. The Morgan fingerprint density at radius 1 is 0.842 bits per heavy atom. The fourth-order valence-electron chi connectivity index (χ4n) is 2.18. The SMILES string of the molecule is CC(C)(C)[Si](C)(C)N(CC=C[SiH3])[Si](C)(C)C(C)(C)C. The van der Waals surface area contributed by atoms with E-state index in [2.05, 4.69) is 83.7 Å². The third-order valence-electron chi connectivity index (χ3n) is 5.54. The summed E-state index contributed by atoms with van der Waals surface area (Å²) in [7, 11) is -1.74. The van der Waals surface area contributed by atoms with E-state index in [1.807, 2.05) is 0 Å². The fourth-order valence-corrected chi connectivity index (χ4v) is 12.7. The molecule has 0 spiro atoms.